The fraction of sp³-hybridized carbons (Fsp3) is 0.433. The first-order chi connectivity index (χ1) is 18.9. The summed E-state index contributed by atoms with van der Waals surface area (Å²) in [6.45, 7) is 10.6. The fourth-order valence-corrected chi connectivity index (χ4v) is 3.69. The molecule has 1 heterocycles. The maximum atomic E-state index is 15.8. The highest BCUT2D eigenvalue weighted by atomic mass is 19.1. The molecule has 1 aromatic heterocycles. The van der Waals surface area contributed by atoms with Gasteiger partial charge in [0.2, 0.25) is 11.8 Å². The number of likely N-dealkylation sites (N-methyl/N-ethyl adjacent to an activating group) is 1. The Morgan fingerprint density at radius 2 is 1.51 bits per heavy atom. The van der Waals surface area contributed by atoms with Crippen LogP contribution < -0.4 is 21.4 Å². The van der Waals surface area contributed by atoms with Crippen LogP contribution in [0.15, 0.2) is 33.5 Å². The highest BCUT2D eigenvalue weighted by Gasteiger charge is 2.29. The number of amides is 2. The van der Waals surface area contributed by atoms with E-state index < -0.39 is 67.7 Å². The first kappa shape index (κ1) is 31.8. The molecule has 0 radical (unpaired) electrons. The molecule has 0 saturated heterocycles. The van der Waals surface area contributed by atoms with Crippen molar-refractivity contribution in [3.8, 4) is 11.3 Å². The summed E-state index contributed by atoms with van der Waals surface area (Å²) < 4.78 is 52.2. The Bertz CT molecular complexity index is 1540. The maximum Gasteiger partial charge on any atom is 0.229 e. The molecule has 0 aliphatic carbocycles. The quantitative estimate of drug-likeness (QED) is 0.307. The third-order valence-electron chi connectivity index (χ3n) is 6.29. The number of carbonyl (C=O) groups excluding carboxylic acids is 2. The van der Waals surface area contributed by atoms with E-state index in [0.717, 1.165) is 12.1 Å². The van der Waals surface area contributed by atoms with Crippen LogP contribution in [0, 0.1) is 28.3 Å². The molecular formula is C30H37F3N4O4. The van der Waals surface area contributed by atoms with E-state index in [9.17, 15) is 18.8 Å². The number of halogens is 3. The highest BCUT2D eigenvalue weighted by Crippen LogP contribution is 2.35. The van der Waals surface area contributed by atoms with Crippen molar-refractivity contribution >= 4 is 34.2 Å². The van der Waals surface area contributed by atoms with E-state index in [1.807, 2.05) is 19.0 Å². The van der Waals surface area contributed by atoms with Crippen molar-refractivity contribution in [1.29, 1.82) is 0 Å². The molecule has 3 N–H and O–H groups in total. The SMILES string of the molecule is CN(C)CCNCc1c(F)c(NC(=O)C(C)(C)C)c2c(=O)cc(-c3ccc(NC(=O)C(C)(C)C)c(F)c3)oc2c1F. The van der Waals surface area contributed by atoms with Crippen molar-refractivity contribution < 1.29 is 27.2 Å². The van der Waals surface area contributed by atoms with Crippen LogP contribution in [0.3, 0.4) is 0 Å². The summed E-state index contributed by atoms with van der Waals surface area (Å²) >= 11 is 0. The lowest BCUT2D eigenvalue weighted by molar-refractivity contribution is -0.123. The molecule has 0 bridgehead atoms. The Balaban J connectivity index is 2.16. The third-order valence-corrected chi connectivity index (χ3v) is 6.29. The molecule has 0 aliphatic heterocycles. The van der Waals surface area contributed by atoms with Gasteiger partial charge in [0.05, 0.1) is 16.8 Å². The van der Waals surface area contributed by atoms with Gasteiger partial charge in [0.1, 0.15) is 11.6 Å². The molecule has 11 heteroatoms. The standard InChI is InChI=1S/C30H37F3N4O4/c1-29(2,3)27(39)35-19-10-9-16(13-18(19)31)21-14-20(38)22-25(36-28(40)30(4,5)6)23(32)17(24(33)26(22)41-21)15-34-11-12-37(7)8/h9-10,13-14,34H,11-12,15H2,1-8H3,(H,35,39)(H,36,40). The first-order valence-electron chi connectivity index (χ1n) is 13.2. The van der Waals surface area contributed by atoms with Gasteiger partial charge in [0.25, 0.3) is 0 Å². The van der Waals surface area contributed by atoms with Crippen molar-refractivity contribution in [2.75, 3.05) is 37.8 Å². The minimum absolute atomic E-state index is 0.0803. The predicted octanol–water partition coefficient (Wildman–Crippen LogP) is 5.50. The van der Waals surface area contributed by atoms with Gasteiger partial charge in [-0.2, -0.15) is 0 Å². The minimum atomic E-state index is -1.11. The highest BCUT2D eigenvalue weighted by molar-refractivity contribution is 6.03. The van der Waals surface area contributed by atoms with Gasteiger partial charge in [-0.15, -0.1) is 0 Å². The zero-order chi connectivity index (χ0) is 30.9. The Morgan fingerprint density at radius 1 is 0.902 bits per heavy atom. The Morgan fingerprint density at radius 3 is 2.07 bits per heavy atom. The summed E-state index contributed by atoms with van der Waals surface area (Å²) in [6, 6.07) is 4.72. The molecule has 8 nitrogen and oxygen atoms in total. The van der Waals surface area contributed by atoms with Crippen LogP contribution in [0.1, 0.15) is 47.1 Å². The largest absolute Gasteiger partial charge is 0.453 e. The van der Waals surface area contributed by atoms with Crippen molar-refractivity contribution in [2.24, 2.45) is 10.8 Å². The van der Waals surface area contributed by atoms with Crippen LogP contribution in [0.2, 0.25) is 0 Å². The second kappa shape index (κ2) is 12.0. The summed E-state index contributed by atoms with van der Waals surface area (Å²) in [5.41, 5.74) is -4.02. The van der Waals surface area contributed by atoms with Gasteiger partial charge in [-0.25, -0.2) is 13.2 Å². The van der Waals surface area contributed by atoms with Crippen LogP contribution in [0.5, 0.6) is 0 Å². The first-order valence-corrected chi connectivity index (χ1v) is 13.2. The van der Waals surface area contributed by atoms with E-state index in [1.165, 1.54) is 12.1 Å². The van der Waals surface area contributed by atoms with Gasteiger partial charge in [-0.1, -0.05) is 41.5 Å². The molecule has 41 heavy (non-hydrogen) atoms. The topological polar surface area (TPSA) is 104 Å². The Labute approximate surface area is 237 Å². The van der Waals surface area contributed by atoms with Gasteiger partial charge >= 0.3 is 0 Å². The summed E-state index contributed by atoms with van der Waals surface area (Å²) in [4.78, 5) is 40.2. The summed E-state index contributed by atoms with van der Waals surface area (Å²) in [5.74, 6) is -4.17. The second-order valence-corrected chi connectivity index (χ2v) is 12.2. The van der Waals surface area contributed by atoms with Gasteiger partial charge in [0, 0.05) is 47.7 Å². The zero-order valence-corrected chi connectivity index (χ0v) is 24.6. The van der Waals surface area contributed by atoms with E-state index >= 15 is 8.78 Å². The van der Waals surface area contributed by atoms with Crippen molar-refractivity contribution in [1.82, 2.24) is 10.2 Å². The van der Waals surface area contributed by atoms with Gasteiger partial charge < -0.3 is 25.3 Å². The lowest BCUT2D eigenvalue weighted by Crippen LogP contribution is -2.30. The number of fused-ring (bicyclic) bond motifs is 1. The van der Waals surface area contributed by atoms with Gasteiger partial charge in [0.15, 0.2) is 22.6 Å². The number of hydrogen-bond acceptors (Lipinski definition) is 6. The van der Waals surface area contributed by atoms with E-state index in [1.54, 1.807) is 41.5 Å². The van der Waals surface area contributed by atoms with Crippen LogP contribution in [0.25, 0.3) is 22.3 Å². The average Bonchev–Trinajstić information content (AvgIpc) is 2.85. The zero-order valence-electron chi connectivity index (χ0n) is 24.6. The number of nitrogens with zero attached hydrogens (tertiary/aromatic N) is 1. The number of hydrogen-bond donors (Lipinski definition) is 3. The van der Waals surface area contributed by atoms with Crippen molar-refractivity contribution in [2.45, 2.75) is 48.1 Å². The molecule has 222 valence electrons. The van der Waals surface area contributed by atoms with Gasteiger partial charge in [-0.3, -0.25) is 14.4 Å². The smallest absolute Gasteiger partial charge is 0.229 e. The molecule has 0 atom stereocenters. The van der Waals surface area contributed by atoms with Crippen LogP contribution in [-0.2, 0) is 16.1 Å². The van der Waals surface area contributed by atoms with E-state index in [0.29, 0.717) is 13.1 Å². The van der Waals surface area contributed by atoms with E-state index in [4.69, 9.17) is 4.42 Å². The lowest BCUT2D eigenvalue weighted by atomic mass is 9.95. The summed E-state index contributed by atoms with van der Waals surface area (Å²) in [5, 5.41) is 7.42. The lowest BCUT2D eigenvalue weighted by Gasteiger charge is -2.20. The predicted molar refractivity (Wildman–Crippen MR) is 154 cm³/mol. The molecule has 0 unspecified atom stereocenters. The molecule has 2 aromatic carbocycles. The summed E-state index contributed by atoms with van der Waals surface area (Å²) in [6.07, 6.45) is 0. The molecule has 3 rings (SSSR count). The van der Waals surface area contributed by atoms with E-state index in [-0.39, 0.29) is 23.6 Å². The summed E-state index contributed by atoms with van der Waals surface area (Å²) in [7, 11) is 3.70. The molecular weight excluding hydrogens is 537 g/mol. The molecule has 2 amide bonds. The Hall–Kier alpha value is -3.70. The van der Waals surface area contributed by atoms with E-state index in [2.05, 4.69) is 16.0 Å². The fourth-order valence-electron chi connectivity index (χ4n) is 3.69. The molecule has 0 spiro atoms. The minimum Gasteiger partial charge on any atom is -0.453 e. The van der Waals surface area contributed by atoms with Crippen molar-refractivity contribution in [3.05, 3.63) is 57.5 Å². The van der Waals surface area contributed by atoms with Gasteiger partial charge in [-0.05, 0) is 32.3 Å². The number of anilines is 2. The number of benzene rings is 2. The normalized spacial score (nSPS) is 12.2. The van der Waals surface area contributed by atoms with Crippen LogP contribution in [0.4, 0.5) is 24.5 Å². The van der Waals surface area contributed by atoms with Crippen LogP contribution in [-0.4, -0.2) is 43.9 Å². The monoisotopic (exact) mass is 574 g/mol. The van der Waals surface area contributed by atoms with Crippen molar-refractivity contribution in [3.63, 3.8) is 0 Å². The average molecular weight is 575 g/mol. The maximum absolute atomic E-state index is 15.8. The van der Waals surface area contributed by atoms with Crippen LogP contribution >= 0.6 is 0 Å². The molecule has 0 saturated carbocycles. The molecule has 0 fully saturated rings. The Kier molecular flexibility index (Phi) is 9.34. The number of carbonyl (C=O) groups is 2. The number of nitrogens with one attached hydrogen (secondary N) is 3. The molecule has 3 aromatic rings. The second-order valence-electron chi connectivity index (χ2n) is 12.2. The number of rotatable bonds is 8. The molecule has 0 aliphatic rings. The third kappa shape index (κ3) is 7.34.